The van der Waals surface area contributed by atoms with E-state index in [9.17, 15) is 4.79 Å². The molecule has 0 aliphatic carbocycles. The van der Waals surface area contributed by atoms with Crippen molar-refractivity contribution < 1.29 is 9.53 Å². The lowest BCUT2D eigenvalue weighted by Gasteiger charge is -2.37. The lowest BCUT2D eigenvalue weighted by molar-refractivity contribution is 0.0626. The van der Waals surface area contributed by atoms with Gasteiger partial charge in [-0.25, -0.2) is 0 Å². The molecule has 1 saturated heterocycles. The standard InChI is InChI=1S/C12H17N3O2/c1-3-15(9-6-14-7-9)12(16)10-4-5-13-8-11(10)17-2/h4-5,8-9,14H,3,6-7H2,1-2H3. The highest BCUT2D eigenvalue weighted by Gasteiger charge is 2.29. The number of pyridine rings is 1. The van der Waals surface area contributed by atoms with Crippen LogP contribution in [0.1, 0.15) is 17.3 Å². The van der Waals surface area contributed by atoms with Crippen LogP contribution in [0.2, 0.25) is 0 Å². The van der Waals surface area contributed by atoms with Gasteiger partial charge in [-0.05, 0) is 13.0 Å². The Hall–Kier alpha value is -1.62. The first-order valence-electron chi connectivity index (χ1n) is 5.77. The van der Waals surface area contributed by atoms with Gasteiger partial charge in [-0.3, -0.25) is 9.78 Å². The Morgan fingerprint density at radius 2 is 2.41 bits per heavy atom. The average Bonchev–Trinajstić information content (AvgIpc) is 2.32. The van der Waals surface area contributed by atoms with Crippen molar-refractivity contribution in [2.75, 3.05) is 26.7 Å². The highest BCUT2D eigenvalue weighted by molar-refractivity contribution is 5.97. The molecule has 0 radical (unpaired) electrons. The number of nitrogens with one attached hydrogen (secondary N) is 1. The zero-order chi connectivity index (χ0) is 12.3. The Labute approximate surface area is 101 Å². The maximum absolute atomic E-state index is 12.4. The molecule has 0 saturated carbocycles. The zero-order valence-corrected chi connectivity index (χ0v) is 10.1. The van der Waals surface area contributed by atoms with Crippen molar-refractivity contribution in [1.82, 2.24) is 15.2 Å². The fraction of sp³-hybridized carbons (Fsp3) is 0.500. The van der Waals surface area contributed by atoms with Crippen molar-refractivity contribution in [3.8, 4) is 5.75 Å². The first-order valence-corrected chi connectivity index (χ1v) is 5.77. The Morgan fingerprint density at radius 1 is 1.65 bits per heavy atom. The van der Waals surface area contributed by atoms with Crippen molar-refractivity contribution in [1.29, 1.82) is 0 Å². The van der Waals surface area contributed by atoms with E-state index in [0.29, 0.717) is 23.9 Å². The summed E-state index contributed by atoms with van der Waals surface area (Å²) in [5, 5.41) is 3.17. The molecule has 5 heteroatoms. The van der Waals surface area contributed by atoms with Crippen LogP contribution in [-0.2, 0) is 0 Å². The van der Waals surface area contributed by atoms with Crippen LogP contribution in [-0.4, -0.2) is 48.6 Å². The molecule has 0 aromatic carbocycles. The number of nitrogens with zero attached hydrogens (tertiary/aromatic N) is 2. The van der Waals surface area contributed by atoms with Crippen LogP contribution in [0.5, 0.6) is 5.75 Å². The number of carbonyl (C=O) groups is 1. The Morgan fingerprint density at radius 3 is 2.94 bits per heavy atom. The largest absolute Gasteiger partial charge is 0.494 e. The van der Waals surface area contributed by atoms with E-state index in [2.05, 4.69) is 10.3 Å². The molecule has 0 unspecified atom stereocenters. The average molecular weight is 235 g/mol. The fourth-order valence-electron chi connectivity index (χ4n) is 1.94. The van der Waals surface area contributed by atoms with Gasteiger partial charge in [0.2, 0.25) is 0 Å². The second-order valence-electron chi connectivity index (χ2n) is 3.98. The molecule has 2 rings (SSSR count). The molecule has 0 spiro atoms. The quantitative estimate of drug-likeness (QED) is 0.827. The van der Waals surface area contributed by atoms with Crippen LogP contribution in [0.4, 0.5) is 0 Å². The summed E-state index contributed by atoms with van der Waals surface area (Å²) in [6.07, 6.45) is 3.18. The summed E-state index contributed by atoms with van der Waals surface area (Å²) in [6.45, 7) is 4.43. The molecule has 1 fully saturated rings. The van der Waals surface area contributed by atoms with E-state index in [1.54, 1.807) is 25.6 Å². The van der Waals surface area contributed by atoms with Crippen molar-refractivity contribution in [2.45, 2.75) is 13.0 Å². The number of aromatic nitrogens is 1. The molecule has 92 valence electrons. The predicted octanol–water partition coefficient (Wildman–Crippen LogP) is 0.524. The molecule has 1 aromatic heterocycles. The van der Waals surface area contributed by atoms with Crippen LogP contribution in [0, 0.1) is 0 Å². The van der Waals surface area contributed by atoms with Gasteiger partial charge >= 0.3 is 0 Å². The molecular formula is C12H17N3O2. The highest BCUT2D eigenvalue weighted by Crippen LogP contribution is 2.19. The van der Waals surface area contributed by atoms with Gasteiger partial charge in [0.15, 0.2) is 0 Å². The van der Waals surface area contributed by atoms with Crippen molar-refractivity contribution in [3.05, 3.63) is 24.0 Å². The Kier molecular flexibility index (Phi) is 3.58. The minimum atomic E-state index is 0.0123. The number of likely N-dealkylation sites (N-methyl/N-ethyl adjacent to an activating group) is 1. The highest BCUT2D eigenvalue weighted by atomic mass is 16.5. The number of rotatable bonds is 4. The monoisotopic (exact) mass is 235 g/mol. The van der Waals surface area contributed by atoms with Crippen molar-refractivity contribution >= 4 is 5.91 Å². The van der Waals surface area contributed by atoms with E-state index in [4.69, 9.17) is 4.74 Å². The lowest BCUT2D eigenvalue weighted by Crippen LogP contribution is -2.58. The molecule has 0 atom stereocenters. The number of ether oxygens (including phenoxy) is 1. The van der Waals surface area contributed by atoms with Crippen molar-refractivity contribution in [3.63, 3.8) is 0 Å². The van der Waals surface area contributed by atoms with Crippen LogP contribution in [0.15, 0.2) is 18.5 Å². The summed E-state index contributed by atoms with van der Waals surface area (Å²) in [6, 6.07) is 2.00. The Balaban J connectivity index is 2.22. The third-order valence-electron chi connectivity index (χ3n) is 3.04. The lowest BCUT2D eigenvalue weighted by atomic mass is 10.1. The SMILES string of the molecule is CCN(C(=O)c1ccncc1OC)C1CNC1. The third-order valence-corrected chi connectivity index (χ3v) is 3.04. The van der Waals surface area contributed by atoms with Gasteiger partial charge < -0.3 is 15.0 Å². The van der Waals surface area contributed by atoms with Gasteiger partial charge in [0.05, 0.1) is 24.9 Å². The summed E-state index contributed by atoms with van der Waals surface area (Å²) in [4.78, 5) is 18.2. The third kappa shape index (κ3) is 2.24. The molecular weight excluding hydrogens is 218 g/mol. The van der Waals surface area contributed by atoms with Crippen LogP contribution in [0.25, 0.3) is 0 Å². The predicted molar refractivity (Wildman–Crippen MR) is 64.2 cm³/mol. The van der Waals surface area contributed by atoms with Gasteiger partial charge in [0.25, 0.3) is 5.91 Å². The maximum atomic E-state index is 12.4. The Bertz CT molecular complexity index is 404. The van der Waals surface area contributed by atoms with E-state index in [1.807, 2.05) is 11.8 Å². The number of hydrogen-bond donors (Lipinski definition) is 1. The molecule has 1 aromatic rings. The van der Waals surface area contributed by atoms with E-state index in [-0.39, 0.29) is 5.91 Å². The topological polar surface area (TPSA) is 54.5 Å². The van der Waals surface area contributed by atoms with Crippen molar-refractivity contribution in [2.24, 2.45) is 0 Å². The summed E-state index contributed by atoms with van der Waals surface area (Å²) in [7, 11) is 1.55. The van der Waals surface area contributed by atoms with Gasteiger partial charge in [0, 0.05) is 25.8 Å². The first-order chi connectivity index (χ1) is 8.27. The minimum Gasteiger partial charge on any atom is -0.494 e. The van der Waals surface area contributed by atoms with Gasteiger partial charge in [-0.15, -0.1) is 0 Å². The van der Waals surface area contributed by atoms with Crippen LogP contribution < -0.4 is 10.1 Å². The van der Waals surface area contributed by atoms with Crippen LogP contribution in [0.3, 0.4) is 0 Å². The van der Waals surface area contributed by atoms with Crippen LogP contribution >= 0.6 is 0 Å². The first kappa shape index (κ1) is 11.9. The summed E-state index contributed by atoms with van der Waals surface area (Å²) in [5.74, 6) is 0.543. The molecule has 1 N–H and O–H groups in total. The molecule has 2 heterocycles. The summed E-state index contributed by atoms with van der Waals surface area (Å²) in [5.41, 5.74) is 0.580. The number of carbonyl (C=O) groups excluding carboxylic acids is 1. The number of amides is 1. The second-order valence-corrected chi connectivity index (χ2v) is 3.98. The molecule has 1 aliphatic heterocycles. The molecule has 1 amide bonds. The molecule has 17 heavy (non-hydrogen) atoms. The smallest absolute Gasteiger partial charge is 0.258 e. The summed E-state index contributed by atoms with van der Waals surface area (Å²) >= 11 is 0. The molecule has 1 aliphatic rings. The second kappa shape index (κ2) is 5.14. The number of hydrogen-bond acceptors (Lipinski definition) is 4. The fourth-order valence-corrected chi connectivity index (χ4v) is 1.94. The van der Waals surface area contributed by atoms with Gasteiger partial charge in [0.1, 0.15) is 5.75 Å². The summed E-state index contributed by atoms with van der Waals surface area (Å²) < 4.78 is 5.17. The number of methoxy groups -OCH3 is 1. The zero-order valence-electron chi connectivity index (χ0n) is 10.1. The van der Waals surface area contributed by atoms with Gasteiger partial charge in [-0.1, -0.05) is 0 Å². The minimum absolute atomic E-state index is 0.0123. The normalized spacial score (nSPS) is 15.2. The van der Waals surface area contributed by atoms with E-state index >= 15 is 0 Å². The molecule has 0 bridgehead atoms. The van der Waals surface area contributed by atoms with E-state index in [1.165, 1.54) is 0 Å². The van der Waals surface area contributed by atoms with E-state index in [0.717, 1.165) is 13.1 Å². The molecule has 5 nitrogen and oxygen atoms in total. The maximum Gasteiger partial charge on any atom is 0.258 e. The van der Waals surface area contributed by atoms with E-state index < -0.39 is 0 Å². The van der Waals surface area contributed by atoms with Gasteiger partial charge in [-0.2, -0.15) is 0 Å².